The van der Waals surface area contributed by atoms with Gasteiger partial charge in [0.1, 0.15) is 0 Å². The Bertz CT molecular complexity index is 307. The largest absolute Gasteiger partial charge is 0.343 e. The molecule has 1 heterocycles. The maximum absolute atomic E-state index is 12.2. The molecule has 0 radical (unpaired) electrons. The van der Waals surface area contributed by atoms with Gasteiger partial charge in [-0.2, -0.15) is 0 Å². The molecule has 2 N–H and O–H groups in total. The molecule has 0 unspecified atom stereocenters. The van der Waals surface area contributed by atoms with Crippen molar-refractivity contribution in [2.45, 2.75) is 64.8 Å². The first-order valence-corrected chi connectivity index (χ1v) is 7.37. The van der Waals surface area contributed by atoms with Gasteiger partial charge < -0.3 is 10.6 Å². The topological polar surface area (TPSA) is 46.3 Å². The van der Waals surface area contributed by atoms with E-state index in [1.54, 1.807) is 0 Å². The monoisotopic (exact) mass is 252 g/mol. The number of hydrogen-bond acceptors (Lipinski definition) is 2. The molecule has 0 atom stereocenters. The maximum Gasteiger partial charge on any atom is 0.224 e. The second kappa shape index (κ2) is 4.84. The second-order valence-corrected chi connectivity index (χ2v) is 7.41. The Labute approximate surface area is 111 Å². The van der Waals surface area contributed by atoms with Crippen LogP contribution in [0.15, 0.2) is 0 Å². The number of carbonyl (C=O) groups excluding carboxylic acids is 1. The van der Waals surface area contributed by atoms with Gasteiger partial charge in [-0.05, 0) is 43.4 Å². The van der Waals surface area contributed by atoms with Gasteiger partial charge in [-0.3, -0.25) is 4.79 Å². The molecule has 0 spiro atoms. The molecule has 1 amide bonds. The molecule has 104 valence electrons. The van der Waals surface area contributed by atoms with Crippen molar-refractivity contribution in [1.82, 2.24) is 4.90 Å². The SMILES string of the molecule is CC(C)(C)C1CCN(C(=O)CC2(N)CCC2)CC1. The number of carbonyl (C=O) groups is 1. The molecule has 2 fully saturated rings. The average molecular weight is 252 g/mol. The minimum atomic E-state index is -0.169. The summed E-state index contributed by atoms with van der Waals surface area (Å²) in [6.07, 6.45) is 6.09. The van der Waals surface area contributed by atoms with Crippen molar-refractivity contribution >= 4 is 5.91 Å². The van der Waals surface area contributed by atoms with Crippen molar-refractivity contribution in [3.63, 3.8) is 0 Å². The van der Waals surface area contributed by atoms with E-state index < -0.39 is 0 Å². The molecule has 2 aliphatic rings. The normalized spacial score (nSPS) is 24.8. The predicted molar refractivity (Wildman–Crippen MR) is 74.1 cm³/mol. The van der Waals surface area contributed by atoms with E-state index in [0.29, 0.717) is 11.8 Å². The van der Waals surface area contributed by atoms with Crippen LogP contribution in [0.4, 0.5) is 0 Å². The zero-order valence-electron chi connectivity index (χ0n) is 12.2. The highest BCUT2D eigenvalue weighted by molar-refractivity contribution is 5.77. The number of piperidine rings is 1. The Balaban J connectivity index is 1.80. The zero-order valence-corrected chi connectivity index (χ0v) is 12.2. The number of amides is 1. The van der Waals surface area contributed by atoms with Crippen molar-refractivity contribution in [3.05, 3.63) is 0 Å². The smallest absolute Gasteiger partial charge is 0.224 e. The molecule has 2 rings (SSSR count). The molecule has 3 heteroatoms. The van der Waals surface area contributed by atoms with E-state index in [-0.39, 0.29) is 11.4 Å². The first-order chi connectivity index (χ1) is 8.30. The van der Waals surface area contributed by atoms with Gasteiger partial charge in [0.2, 0.25) is 5.91 Å². The van der Waals surface area contributed by atoms with E-state index >= 15 is 0 Å². The summed E-state index contributed by atoms with van der Waals surface area (Å²) >= 11 is 0. The predicted octanol–water partition coefficient (Wildman–Crippen LogP) is 2.54. The number of nitrogens with zero attached hydrogens (tertiary/aromatic N) is 1. The molecule has 0 aromatic rings. The van der Waals surface area contributed by atoms with Crippen LogP contribution in [0.25, 0.3) is 0 Å². The van der Waals surface area contributed by atoms with Gasteiger partial charge in [-0.15, -0.1) is 0 Å². The highest BCUT2D eigenvalue weighted by Gasteiger charge is 2.37. The van der Waals surface area contributed by atoms with Crippen molar-refractivity contribution in [3.8, 4) is 0 Å². The van der Waals surface area contributed by atoms with E-state index in [1.807, 2.05) is 4.90 Å². The lowest BCUT2D eigenvalue weighted by molar-refractivity contribution is -0.135. The van der Waals surface area contributed by atoms with Gasteiger partial charge in [0.15, 0.2) is 0 Å². The lowest BCUT2D eigenvalue weighted by atomic mass is 9.74. The van der Waals surface area contributed by atoms with Crippen molar-refractivity contribution in [2.75, 3.05) is 13.1 Å². The van der Waals surface area contributed by atoms with Crippen LogP contribution in [0.2, 0.25) is 0 Å². The Hall–Kier alpha value is -0.570. The molecule has 18 heavy (non-hydrogen) atoms. The van der Waals surface area contributed by atoms with E-state index in [9.17, 15) is 4.79 Å². The Morgan fingerprint density at radius 2 is 1.83 bits per heavy atom. The standard InChI is InChI=1S/C15H28N2O/c1-14(2,3)12-5-9-17(10-6-12)13(18)11-15(16)7-4-8-15/h12H,4-11,16H2,1-3H3. The summed E-state index contributed by atoms with van der Waals surface area (Å²) in [5.41, 5.74) is 6.36. The van der Waals surface area contributed by atoms with Gasteiger partial charge in [0, 0.05) is 25.0 Å². The Kier molecular flexibility index (Phi) is 3.72. The zero-order chi connectivity index (χ0) is 13.4. The third kappa shape index (κ3) is 3.05. The minimum Gasteiger partial charge on any atom is -0.343 e. The van der Waals surface area contributed by atoms with Crippen LogP contribution in [0.1, 0.15) is 59.3 Å². The maximum atomic E-state index is 12.2. The van der Waals surface area contributed by atoms with Gasteiger partial charge in [0.05, 0.1) is 0 Å². The number of likely N-dealkylation sites (tertiary alicyclic amines) is 1. The highest BCUT2D eigenvalue weighted by Crippen LogP contribution is 2.36. The fourth-order valence-electron chi connectivity index (χ4n) is 3.22. The summed E-state index contributed by atoms with van der Waals surface area (Å²) in [6.45, 7) is 8.77. The summed E-state index contributed by atoms with van der Waals surface area (Å²) in [6, 6.07) is 0. The van der Waals surface area contributed by atoms with Crippen molar-refractivity contribution in [1.29, 1.82) is 0 Å². The van der Waals surface area contributed by atoms with E-state index in [2.05, 4.69) is 20.8 Å². The fourth-order valence-corrected chi connectivity index (χ4v) is 3.22. The van der Waals surface area contributed by atoms with Crippen molar-refractivity contribution < 1.29 is 4.79 Å². The van der Waals surface area contributed by atoms with Gasteiger partial charge in [-0.1, -0.05) is 20.8 Å². The molecule has 1 aliphatic carbocycles. The summed E-state index contributed by atoms with van der Waals surface area (Å²) in [4.78, 5) is 14.2. The molecule has 0 aromatic heterocycles. The molecule has 1 saturated heterocycles. The second-order valence-electron chi connectivity index (χ2n) is 7.41. The summed E-state index contributed by atoms with van der Waals surface area (Å²) in [5.74, 6) is 1.03. The van der Waals surface area contributed by atoms with Crippen LogP contribution in [0.5, 0.6) is 0 Å². The third-order valence-corrected chi connectivity index (χ3v) is 4.93. The lowest BCUT2D eigenvalue weighted by Gasteiger charge is -2.42. The van der Waals surface area contributed by atoms with Crippen LogP contribution in [-0.2, 0) is 4.79 Å². The van der Waals surface area contributed by atoms with Crippen molar-refractivity contribution in [2.24, 2.45) is 17.1 Å². The fraction of sp³-hybridized carbons (Fsp3) is 0.933. The molecule has 3 nitrogen and oxygen atoms in total. The van der Waals surface area contributed by atoms with Crippen LogP contribution >= 0.6 is 0 Å². The van der Waals surface area contributed by atoms with E-state index in [4.69, 9.17) is 5.73 Å². The first-order valence-electron chi connectivity index (χ1n) is 7.37. The van der Waals surface area contributed by atoms with Crippen LogP contribution in [0, 0.1) is 11.3 Å². The summed E-state index contributed by atoms with van der Waals surface area (Å²) in [5, 5.41) is 0. The van der Waals surface area contributed by atoms with Gasteiger partial charge in [-0.25, -0.2) is 0 Å². The van der Waals surface area contributed by atoms with Gasteiger partial charge in [0.25, 0.3) is 0 Å². The molecular weight excluding hydrogens is 224 g/mol. The first kappa shape index (κ1) is 13.9. The Morgan fingerprint density at radius 1 is 1.28 bits per heavy atom. The summed E-state index contributed by atoms with van der Waals surface area (Å²) in [7, 11) is 0. The number of hydrogen-bond donors (Lipinski definition) is 1. The molecule has 1 saturated carbocycles. The summed E-state index contributed by atoms with van der Waals surface area (Å²) < 4.78 is 0. The molecule has 1 aliphatic heterocycles. The van der Waals surface area contributed by atoms with Gasteiger partial charge >= 0.3 is 0 Å². The van der Waals surface area contributed by atoms with Crippen LogP contribution in [-0.4, -0.2) is 29.4 Å². The quantitative estimate of drug-likeness (QED) is 0.821. The number of nitrogens with two attached hydrogens (primary N) is 1. The Morgan fingerprint density at radius 3 is 2.22 bits per heavy atom. The molecular formula is C15H28N2O. The molecule has 0 bridgehead atoms. The van der Waals surface area contributed by atoms with Crippen LogP contribution in [0.3, 0.4) is 0 Å². The highest BCUT2D eigenvalue weighted by atomic mass is 16.2. The lowest BCUT2D eigenvalue weighted by Crippen LogP contribution is -2.51. The average Bonchev–Trinajstić information content (AvgIpc) is 2.26. The number of rotatable bonds is 2. The molecule has 0 aromatic carbocycles. The van der Waals surface area contributed by atoms with E-state index in [0.717, 1.165) is 44.7 Å². The third-order valence-electron chi connectivity index (χ3n) is 4.93. The van der Waals surface area contributed by atoms with E-state index in [1.165, 1.54) is 6.42 Å². The minimum absolute atomic E-state index is 0.169. The van der Waals surface area contributed by atoms with Crippen LogP contribution < -0.4 is 5.73 Å².